The standard InChI is InChI=1S/C36H45N7O3S/c1-4-6-7-10-22-46-36(45)41-34(37)27-13-16-29(17-14-27)39-24-33-40-30-23-28(15-18-31(30)42(33)3)35(44)43(32-12-8-9-20-38-32)21-19-26(25-47)11-5-2/h8-9,12-18,20,23,25,39,47H,4-7,10-11,19,21-22,24H2,1-3H3,(H2,37,41,45)/b26-25+. The Hall–Kier alpha value is -4.64. The fourth-order valence-corrected chi connectivity index (χ4v) is 5.44. The number of carbonyl (C=O) groups is 2. The first-order valence-electron chi connectivity index (χ1n) is 16.2. The van der Waals surface area contributed by atoms with Crippen molar-refractivity contribution in [3.8, 4) is 0 Å². The number of hydrogen-bond acceptors (Lipinski definition) is 7. The number of fused-ring (bicyclic) bond motifs is 1. The van der Waals surface area contributed by atoms with E-state index in [0.29, 0.717) is 43.1 Å². The number of aromatic nitrogens is 3. The van der Waals surface area contributed by atoms with Crippen molar-refractivity contribution < 1.29 is 14.3 Å². The summed E-state index contributed by atoms with van der Waals surface area (Å²) < 4.78 is 7.16. The number of aryl methyl sites for hydroxylation is 1. The number of thiol groups is 1. The first-order chi connectivity index (χ1) is 22.8. The molecule has 3 N–H and O–H groups in total. The van der Waals surface area contributed by atoms with E-state index in [1.54, 1.807) is 23.2 Å². The minimum atomic E-state index is -0.677. The molecule has 0 aliphatic rings. The number of carbonyl (C=O) groups excluding carboxylic acids is 2. The number of nitrogens with zero attached hydrogens (tertiary/aromatic N) is 5. The highest BCUT2D eigenvalue weighted by molar-refractivity contribution is 7.83. The molecule has 0 aliphatic carbocycles. The van der Waals surface area contributed by atoms with E-state index in [4.69, 9.17) is 15.5 Å². The van der Waals surface area contributed by atoms with E-state index >= 15 is 0 Å². The second-order valence-corrected chi connectivity index (χ2v) is 11.6. The van der Waals surface area contributed by atoms with Gasteiger partial charge in [-0.2, -0.15) is 17.6 Å². The first-order valence-corrected chi connectivity index (χ1v) is 16.7. The average molecular weight is 656 g/mol. The van der Waals surface area contributed by atoms with Crippen LogP contribution in [-0.4, -0.2) is 45.5 Å². The molecule has 11 heteroatoms. The zero-order valence-corrected chi connectivity index (χ0v) is 28.4. The van der Waals surface area contributed by atoms with Crippen molar-refractivity contribution >= 4 is 53.0 Å². The summed E-state index contributed by atoms with van der Waals surface area (Å²) in [6.45, 7) is 5.56. The highest BCUT2D eigenvalue weighted by atomic mass is 32.1. The summed E-state index contributed by atoms with van der Waals surface area (Å²) >= 11 is 4.37. The summed E-state index contributed by atoms with van der Waals surface area (Å²) in [5.74, 6) is 1.39. The number of rotatable bonds is 16. The molecule has 47 heavy (non-hydrogen) atoms. The van der Waals surface area contributed by atoms with Gasteiger partial charge < -0.3 is 20.4 Å². The van der Waals surface area contributed by atoms with E-state index in [9.17, 15) is 9.59 Å². The van der Waals surface area contributed by atoms with E-state index in [1.165, 1.54) is 5.57 Å². The molecule has 4 rings (SSSR count). The zero-order valence-electron chi connectivity index (χ0n) is 27.5. The van der Waals surface area contributed by atoms with Crippen LogP contribution in [-0.2, 0) is 18.3 Å². The van der Waals surface area contributed by atoms with Gasteiger partial charge in [0.1, 0.15) is 17.5 Å². The van der Waals surface area contributed by atoms with Gasteiger partial charge in [-0.25, -0.2) is 14.8 Å². The molecule has 0 radical (unpaired) electrons. The summed E-state index contributed by atoms with van der Waals surface area (Å²) in [7, 11) is 1.95. The van der Waals surface area contributed by atoms with Gasteiger partial charge in [0.05, 0.1) is 24.2 Å². The fourth-order valence-electron chi connectivity index (χ4n) is 5.18. The minimum absolute atomic E-state index is 0.108. The third-order valence-electron chi connectivity index (χ3n) is 7.87. The molecular formula is C36H45N7O3S. The smallest absolute Gasteiger partial charge is 0.435 e. The lowest BCUT2D eigenvalue weighted by atomic mass is 10.1. The van der Waals surface area contributed by atoms with Gasteiger partial charge in [0, 0.05) is 36.6 Å². The van der Waals surface area contributed by atoms with Crippen molar-refractivity contribution in [3.63, 3.8) is 0 Å². The van der Waals surface area contributed by atoms with Crippen LogP contribution in [0.5, 0.6) is 0 Å². The molecule has 0 spiro atoms. The number of unbranched alkanes of at least 4 members (excludes halogenated alkanes) is 3. The van der Waals surface area contributed by atoms with Crippen molar-refractivity contribution in [2.24, 2.45) is 17.8 Å². The van der Waals surface area contributed by atoms with Gasteiger partial charge in [-0.1, -0.05) is 51.2 Å². The van der Waals surface area contributed by atoms with Gasteiger partial charge in [0.25, 0.3) is 5.91 Å². The predicted octanol–water partition coefficient (Wildman–Crippen LogP) is 7.65. The van der Waals surface area contributed by atoms with Gasteiger partial charge in [-0.15, -0.1) is 0 Å². The SMILES string of the molecule is CCCCCCOC(=O)/N=C(/N)c1ccc(NCc2nc3cc(C(=O)N(CC/C(=C/S)CCC)c4ccccn4)ccc3n2C)cc1. The van der Waals surface area contributed by atoms with Gasteiger partial charge in [-0.3, -0.25) is 9.69 Å². The normalized spacial score (nSPS) is 11.9. The Bertz CT molecular complexity index is 1680. The van der Waals surface area contributed by atoms with Crippen LogP contribution in [0.15, 0.2) is 82.8 Å². The van der Waals surface area contributed by atoms with Crippen LogP contribution in [0.1, 0.15) is 80.5 Å². The number of amidine groups is 1. The highest BCUT2D eigenvalue weighted by Crippen LogP contribution is 2.22. The number of aliphatic imine (C=N–C) groups is 1. The number of imidazole rings is 1. The number of anilines is 2. The summed E-state index contributed by atoms with van der Waals surface area (Å²) in [4.78, 5) is 40.7. The minimum Gasteiger partial charge on any atom is -0.448 e. The van der Waals surface area contributed by atoms with Crippen LogP contribution in [0.3, 0.4) is 0 Å². The van der Waals surface area contributed by atoms with E-state index in [1.807, 2.05) is 65.6 Å². The molecule has 248 valence electrons. The Morgan fingerprint density at radius 3 is 2.51 bits per heavy atom. The number of pyridine rings is 1. The molecule has 0 atom stereocenters. The summed E-state index contributed by atoms with van der Waals surface area (Å²) in [6.07, 6.45) is 7.76. The molecule has 2 amide bonds. The number of nitrogens with one attached hydrogen (secondary N) is 1. The van der Waals surface area contributed by atoms with Crippen molar-refractivity contribution in [1.82, 2.24) is 14.5 Å². The number of amides is 2. The average Bonchev–Trinajstić information content (AvgIpc) is 3.41. The van der Waals surface area contributed by atoms with E-state index in [-0.39, 0.29) is 11.7 Å². The monoisotopic (exact) mass is 655 g/mol. The number of ether oxygens (including phenoxy) is 1. The Kier molecular flexibility index (Phi) is 13.4. The molecule has 0 aliphatic heterocycles. The van der Waals surface area contributed by atoms with E-state index < -0.39 is 6.09 Å². The van der Waals surface area contributed by atoms with E-state index in [0.717, 1.165) is 61.1 Å². The van der Waals surface area contributed by atoms with Gasteiger partial charge in [-0.05, 0) is 79.3 Å². The fraction of sp³-hybridized carbons (Fsp3) is 0.361. The Labute approximate surface area is 282 Å². The molecule has 4 aromatic rings. The molecule has 0 saturated heterocycles. The van der Waals surface area contributed by atoms with Crippen LogP contribution in [0.25, 0.3) is 11.0 Å². The quantitative estimate of drug-likeness (QED) is 0.0490. The third-order valence-corrected chi connectivity index (χ3v) is 8.23. The highest BCUT2D eigenvalue weighted by Gasteiger charge is 2.20. The molecule has 2 heterocycles. The Morgan fingerprint density at radius 2 is 1.81 bits per heavy atom. The number of hydrogen-bond donors (Lipinski definition) is 3. The molecular weight excluding hydrogens is 611 g/mol. The Balaban J connectivity index is 1.42. The maximum Gasteiger partial charge on any atom is 0.435 e. The molecule has 0 bridgehead atoms. The summed E-state index contributed by atoms with van der Waals surface area (Å²) in [5.41, 5.74) is 10.9. The molecule has 0 fully saturated rings. The lowest BCUT2D eigenvalue weighted by Crippen LogP contribution is -2.32. The van der Waals surface area contributed by atoms with Crippen LogP contribution in [0, 0.1) is 0 Å². The van der Waals surface area contributed by atoms with Gasteiger partial charge in [0.2, 0.25) is 0 Å². The second-order valence-electron chi connectivity index (χ2n) is 11.3. The maximum absolute atomic E-state index is 13.8. The number of benzene rings is 2. The third kappa shape index (κ3) is 9.92. The van der Waals surface area contributed by atoms with E-state index in [2.05, 4.69) is 41.8 Å². The summed E-state index contributed by atoms with van der Waals surface area (Å²) in [5, 5.41) is 5.22. The first kappa shape index (κ1) is 35.2. The number of nitrogens with two attached hydrogens (primary N) is 1. The zero-order chi connectivity index (χ0) is 33.6. The van der Waals surface area contributed by atoms with Crippen molar-refractivity contribution in [2.45, 2.75) is 65.3 Å². The lowest BCUT2D eigenvalue weighted by Gasteiger charge is -2.22. The maximum atomic E-state index is 13.8. The Morgan fingerprint density at radius 1 is 1.02 bits per heavy atom. The molecule has 10 nitrogen and oxygen atoms in total. The van der Waals surface area contributed by atoms with Crippen molar-refractivity contribution in [3.05, 3.63) is 94.8 Å². The van der Waals surface area contributed by atoms with Crippen LogP contribution in [0.2, 0.25) is 0 Å². The van der Waals surface area contributed by atoms with Crippen LogP contribution < -0.4 is 16.0 Å². The molecule has 2 aromatic carbocycles. The van der Waals surface area contributed by atoms with Crippen molar-refractivity contribution in [1.29, 1.82) is 0 Å². The largest absolute Gasteiger partial charge is 0.448 e. The van der Waals surface area contributed by atoms with Gasteiger partial charge >= 0.3 is 6.09 Å². The molecule has 0 unspecified atom stereocenters. The molecule has 2 aromatic heterocycles. The van der Waals surface area contributed by atoms with Crippen LogP contribution in [0.4, 0.5) is 16.3 Å². The van der Waals surface area contributed by atoms with Gasteiger partial charge in [0.15, 0.2) is 0 Å². The molecule has 0 saturated carbocycles. The summed E-state index contributed by atoms with van der Waals surface area (Å²) in [6, 6.07) is 18.5. The van der Waals surface area contributed by atoms with Crippen LogP contribution >= 0.6 is 12.6 Å². The lowest BCUT2D eigenvalue weighted by molar-refractivity contribution is 0.0986. The second kappa shape index (κ2) is 17.9. The predicted molar refractivity (Wildman–Crippen MR) is 193 cm³/mol. The van der Waals surface area contributed by atoms with Crippen molar-refractivity contribution in [2.75, 3.05) is 23.4 Å². The topological polar surface area (TPSA) is 128 Å².